The predicted octanol–water partition coefficient (Wildman–Crippen LogP) is 5.45. The van der Waals surface area contributed by atoms with Crippen molar-refractivity contribution in [2.45, 2.75) is 4.90 Å². The van der Waals surface area contributed by atoms with Crippen molar-refractivity contribution in [1.82, 2.24) is 4.98 Å². The van der Waals surface area contributed by atoms with Crippen LogP contribution >= 0.6 is 11.8 Å². The third kappa shape index (κ3) is 5.62. The molecule has 37 heavy (non-hydrogen) atoms. The van der Waals surface area contributed by atoms with Gasteiger partial charge in [0.15, 0.2) is 18.1 Å². The smallest absolute Gasteiger partial charge is 0.339 e. The number of esters is 1. The van der Waals surface area contributed by atoms with Crippen LogP contribution in [-0.2, 0) is 9.53 Å². The number of aromatic nitrogens is 1. The van der Waals surface area contributed by atoms with Gasteiger partial charge in [0.2, 0.25) is 5.75 Å². The molecule has 0 unspecified atom stereocenters. The van der Waals surface area contributed by atoms with Crippen LogP contribution in [-0.4, -0.2) is 51.1 Å². The Labute approximate surface area is 218 Å². The van der Waals surface area contributed by atoms with E-state index < -0.39 is 18.5 Å². The molecule has 1 N–H and O–H groups in total. The number of hydrogen-bond donors (Lipinski definition) is 1. The quantitative estimate of drug-likeness (QED) is 0.231. The molecule has 0 bridgehead atoms. The van der Waals surface area contributed by atoms with Crippen LogP contribution in [0.3, 0.4) is 0 Å². The number of rotatable bonds is 9. The number of nitrogens with zero attached hydrogens (tertiary/aromatic N) is 1. The summed E-state index contributed by atoms with van der Waals surface area (Å²) in [7, 11) is 4.58. The number of thioether (sulfide) groups is 1. The van der Waals surface area contributed by atoms with Gasteiger partial charge in [0.1, 0.15) is 0 Å². The molecule has 0 saturated heterocycles. The number of nitrogens with one attached hydrogen (secondary N) is 1. The number of carbonyl (C=O) groups is 2. The summed E-state index contributed by atoms with van der Waals surface area (Å²) in [6.07, 6.45) is 1.92. The molecule has 4 rings (SSSR count). The zero-order valence-corrected chi connectivity index (χ0v) is 21.7. The lowest BCUT2D eigenvalue weighted by molar-refractivity contribution is -0.119. The highest BCUT2D eigenvalue weighted by Crippen LogP contribution is 2.41. The van der Waals surface area contributed by atoms with Crippen LogP contribution in [0.1, 0.15) is 10.4 Å². The van der Waals surface area contributed by atoms with Crippen LogP contribution < -0.4 is 19.5 Å². The fourth-order valence-electron chi connectivity index (χ4n) is 3.86. The summed E-state index contributed by atoms with van der Waals surface area (Å²) >= 11 is 1.51. The maximum Gasteiger partial charge on any atom is 0.339 e. The Morgan fingerprint density at radius 3 is 2.24 bits per heavy atom. The van der Waals surface area contributed by atoms with Crippen LogP contribution in [0.5, 0.6) is 17.2 Å². The highest BCUT2D eigenvalue weighted by Gasteiger charge is 2.19. The second-order valence-electron chi connectivity index (χ2n) is 7.81. The summed E-state index contributed by atoms with van der Waals surface area (Å²) in [4.78, 5) is 31.3. The highest BCUT2D eigenvalue weighted by atomic mass is 32.2. The number of para-hydroxylation sites is 2. The third-order valence-corrected chi connectivity index (χ3v) is 6.41. The van der Waals surface area contributed by atoms with Crippen molar-refractivity contribution in [3.8, 4) is 28.5 Å². The first-order chi connectivity index (χ1) is 18.0. The monoisotopic (exact) mass is 518 g/mol. The molecular formula is C28H26N2O6S. The average Bonchev–Trinajstić information content (AvgIpc) is 2.94. The van der Waals surface area contributed by atoms with Gasteiger partial charge in [0.05, 0.1) is 43.8 Å². The Morgan fingerprint density at radius 1 is 0.892 bits per heavy atom. The number of carbonyl (C=O) groups excluding carboxylic acids is 2. The van der Waals surface area contributed by atoms with Gasteiger partial charge in [0.25, 0.3) is 5.91 Å². The lowest BCUT2D eigenvalue weighted by Gasteiger charge is -2.15. The molecule has 4 aromatic rings. The number of fused-ring (bicyclic) bond motifs is 1. The van der Waals surface area contributed by atoms with E-state index in [0.717, 1.165) is 4.90 Å². The first kappa shape index (κ1) is 25.8. The van der Waals surface area contributed by atoms with E-state index in [4.69, 9.17) is 23.9 Å². The van der Waals surface area contributed by atoms with Crippen molar-refractivity contribution >= 4 is 40.2 Å². The molecule has 9 heteroatoms. The molecule has 0 spiro atoms. The second-order valence-corrected chi connectivity index (χ2v) is 8.66. The summed E-state index contributed by atoms with van der Waals surface area (Å²) in [5.41, 5.74) is 2.70. The first-order valence-corrected chi connectivity index (χ1v) is 12.5. The summed E-state index contributed by atoms with van der Waals surface area (Å²) < 4.78 is 21.7. The Hall–Kier alpha value is -4.24. The SMILES string of the molecule is COc1cc(-c2cc(C(=O)OCC(=O)Nc3ccccc3SC)c3ccccc3n2)cc(OC)c1OC. The molecule has 1 aromatic heterocycles. The standard InChI is InChI=1S/C28H26N2O6S/c1-33-23-13-17(14-24(34-2)27(23)35-3)22-15-19(18-9-5-6-10-20(18)29-22)28(32)36-16-26(31)30-21-11-7-8-12-25(21)37-4/h5-15H,16H2,1-4H3,(H,30,31). The van der Waals surface area contributed by atoms with Gasteiger partial charge in [-0.2, -0.15) is 0 Å². The molecule has 0 aliphatic heterocycles. The second kappa shape index (κ2) is 11.7. The highest BCUT2D eigenvalue weighted by molar-refractivity contribution is 7.98. The zero-order valence-electron chi connectivity index (χ0n) is 20.9. The van der Waals surface area contributed by atoms with Gasteiger partial charge >= 0.3 is 5.97 Å². The number of anilines is 1. The zero-order chi connectivity index (χ0) is 26.4. The maximum atomic E-state index is 13.2. The fourth-order valence-corrected chi connectivity index (χ4v) is 4.42. The summed E-state index contributed by atoms with van der Waals surface area (Å²) in [6.45, 7) is -0.433. The summed E-state index contributed by atoms with van der Waals surface area (Å²) in [6, 6.07) is 19.8. The molecule has 190 valence electrons. The molecular weight excluding hydrogens is 492 g/mol. The minimum absolute atomic E-state index is 0.284. The largest absolute Gasteiger partial charge is 0.493 e. The lowest BCUT2D eigenvalue weighted by Crippen LogP contribution is -2.21. The third-order valence-electron chi connectivity index (χ3n) is 5.61. The average molecular weight is 519 g/mol. The van der Waals surface area contributed by atoms with Gasteiger partial charge in [0, 0.05) is 15.8 Å². The Balaban J connectivity index is 1.64. The Kier molecular flexibility index (Phi) is 8.15. The first-order valence-electron chi connectivity index (χ1n) is 11.3. The summed E-state index contributed by atoms with van der Waals surface area (Å²) in [5, 5.41) is 3.40. The van der Waals surface area contributed by atoms with E-state index in [2.05, 4.69) is 5.32 Å². The number of benzene rings is 3. The van der Waals surface area contributed by atoms with Crippen LogP contribution in [0.25, 0.3) is 22.2 Å². The molecule has 0 radical (unpaired) electrons. The molecule has 8 nitrogen and oxygen atoms in total. The number of pyridine rings is 1. The van der Waals surface area contributed by atoms with E-state index in [0.29, 0.717) is 45.1 Å². The van der Waals surface area contributed by atoms with E-state index in [1.165, 1.54) is 33.1 Å². The predicted molar refractivity (Wildman–Crippen MR) is 144 cm³/mol. The van der Waals surface area contributed by atoms with E-state index in [1.54, 1.807) is 36.4 Å². The minimum atomic E-state index is -0.638. The van der Waals surface area contributed by atoms with Crippen LogP contribution in [0, 0.1) is 0 Å². The molecule has 3 aromatic carbocycles. The summed E-state index contributed by atoms with van der Waals surface area (Å²) in [5.74, 6) is 0.290. The number of methoxy groups -OCH3 is 3. The number of amides is 1. The molecule has 0 fully saturated rings. The van der Waals surface area contributed by atoms with Crippen LogP contribution in [0.4, 0.5) is 5.69 Å². The number of ether oxygens (including phenoxy) is 4. The molecule has 1 amide bonds. The normalized spacial score (nSPS) is 10.6. The Bertz CT molecular complexity index is 1430. The van der Waals surface area contributed by atoms with Crippen molar-refractivity contribution in [2.24, 2.45) is 0 Å². The van der Waals surface area contributed by atoms with Gasteiger partial charge in [-0.25, -0.2) is 9.78 Å². The van der Waals surface area contributed by atoms with E-state index in [-0.39, 0.29) is 5.56 Å². The minimum Gasteiger partial charge on any atom is -0.493 e. The Morgan fingerprint density at radius 2 is 1.57 bits per heavy atom. The van der Waals surface area contributed by atoms with E-state index in [9.17, 15) is 9.59 Å². The van der Waals surface area contributed by atoms with Crippen molar-refractivity contribution < 1.29 is 28.5 Å². The van der Waals surface area contributed by atoms with Crippen molar-refractivity contribution in [3.05, 3.63) is 72.3 Å². The van der Waals surface area contributed by atoms with Gasteiger partial charge < -0.3 is 24.3 Å². The van der Waals surface area contributed by atoms with E-state index >= 15 is 0 Å². The lowest BCUT2D eigenvalue weighted by atomic mass is 10.0. The maximum absolute atomic E-state index is 13.2. The number of hydrogen-bond acceptors (Lipinski definition) is 8. The van der Waals surface area contributed by atoms with Crippen molar-refractivity contribution in [1.29, 1.82) is 0 Å². The molecule has 0 saturated carbocycles. The van der Waals surface area contributed by atoms with Crippen LogP contribution in [0.2, 0.25) is 0 Å². The molecule has 0 aliphatic carbocycles. The van der Waals surface area contributed by atoms with Gasteiger partial charge in [-0.1, -0.05) is 30.3 Å². The van der Waals surface area contributed by atoms with Gasteiger partial charge in [-0.15, -0.1) is 11.8 Å². The van der Waals surface area contributed by atoms with Crippen molar-refractivity contribution in [3.63, 3.8) is 0 Å². The molecule has 0 aliphatic rings. The van der Waals surface area contributed by atoms with Gasteiger partial charge in [-0.05, 0) is 42.7 Å². The fraction of sp³-hybridized carbons (Fsp3) is 0.179. The molecule has 0 atom stereocenters. The van der Waals surface area contributed by atoms with Crippen molar-refractivity contribution in [2.75, 3.05) is 39.5 Å². The van der Waals surface area contributed by atoms with Gasteiger partial charge in [-0.3, -0.25) is 4.79 Å². The topological polar surface area (TPSA) is 96.0 Å². The molecule has 1 heterocycles. The van der Waals surface area contributed by atoms with Crippen LogP contribution in [0.15, 0.2) is 71.6 Å². The van der Waals surface area contributed by atoms with E-state index in [1.807, 2.05) is 36.6 Å².